The zero-order valence-electron chi connectivity index (χ0n) is 8.54. The van der Waals surface area contributed by atoms with Gasteiger partial charge in [0, 0.05) is 0 Å². The molecule has 1 rings (SSSR count). The molecule has 0 aromatic heterocycles. The SMILES string of the molecule is COC(=O)c1cc(Cl)c(Cl)cc1C(=O)OC. The summed E-state index contributed by atoms with van der Waals surface area (Å²) in [5, 5.41) is 0.324. The highest BCUT2D eigenvalue weighted by Gasteiger charge is 2.20. The number of halogens is 2. The van der Waals surface area contributed by atoms with Gasteiger partial charge in [-0.25, -0.2) is 9.59 Å². The third-order valence-electron chi connectivity index (χ3n) is 1.87. The molecule has 0 N–H and O–H groups in total. The van der Waals surface area contributed by atoms with Crippen LogP contribution in [0.25, 0.3) is 0 Å². The fourth-order valence-electron chi connectivity index (χ4n) is 1.10. The van der Waals surface area contributed by atoms with Crippen molar-refractivity contribution in [2.75, 3.05) is 14.2 Å². The van der Waals surface area contributed by atoms with Crippen molar-refractivity contribution in [3.63, 3.8) is 0 Å². The van der Waals surface area contributed by atoms with Crippen LogP contribution in [-0.4, -0.2) is 26.2 Å². The highest BCUT2D eigenvalue weighted by atomic mass is 35.5. The lowest BCUT2D eigenvalue weighted by atomic mass is 10.1. The lowest BCUT2D eigenvalue weighted by molar-refractivity contribution is 0.0555. The van der Waals surface area contributed by atoms with Gasteiger partial charge in [0.25, 0.3) is 0 Å². The first kappa shape index (κ1) is 12.8. The molecule has 0 aliphatic carbocycles. The van der Waals surface area contributed by atoms with E-state index in [9.17, 15) is 9.59 Å². The van der Waals surface area contributed by atoms with Gasteiger partial charge in [-0.3, -0.25) is 0 Å². The molecule has 0 aliphatic rings. The molecule has 0 amide bonds. The van der Waals surface area contributed by atoms with Gasteiger partial charge >= 0.3 is 11.9 Å². The van der Waals surface area contributed by atoms with E-state index >= 15 is 0 Å². The molecule has 16 heavy (non-hydrogen) atoms. The highest BCUT2D eigenvalue weighted by Crippen LogP contribution is 2.26. The van der Waals surface area contributed by atoms with Gasteiger partial charge in [-0.1, -0.05) is 23.2 Å². The van der Waals surface area contributed by atoms with Crippen LogP contribution >= 0.6 is 23.2 Å². The van der Waals surface area contributed by atoms with Crippen LogP contribution in [0.4, 0.5) is 0 Å². The number of esters is 2. The van der Waals surface area contributed by atoms with E-state index in [1.54, 1.807) is 0 Å². The molecule has 0 saturated heterocycles. The lowest BCUT2D eigenvalue weighted by Crippen LogP contribution is -2.11. The molecule has 0 saturated carbocycles. The number of carbonyl (C=O) groups excluding carboxylic acids is 2. The van der Waals surface area contributed by atoms with Crippen molar-refractivity contribution in [3.05, 3.63) is 33.3 Å². The topological polar surface area (TPSA) is 52.6 Å². The Kier molecular flexibility index (Phi) is 4.15. The summed E-state index contributed by atoms with van der Waals surface area (Å²) in [6.45, 7) is 0. The van der Waals surface area contributed by atoms with E-state index in [2.05, 4.69) is 9.47 Å². The summed E-state index contributed by atoms with van der Waals surface area (Å²) in [5.41, 5.74) is 0.0347. The summed E-state index contributed by atoms with van der Waals surface area (Å²) in [6, 6.07) is 2.53. The summed E-state index contributed by atoms with van der Waals surface area (Å²) in [4.78, 5) is 22.8. The Labute approximate surface area is 102 Å². The van der Waals surface area contributed by atoms with Crippen LogP contribution in [0.1, 0.15) is 20.7 Å². The first-order chi connectivity index (χ1) is 7.51. The molecule has 0 radical (unpaired) electrons. The van der Waals surface area contributed by atoms with Gasteiger partial charge in [-0.2, -0.15) is 0 Å². The number of methoxy groups -OCH3 is 2. The van der Waals surface area contributed by atoms with Crippen molar-refractivity contribution in [1.29, 1.82) is 0 Å². The normalized spacial score (nSPS) is 9.75. The molecule has 0 atom stereocenters. The molecule has 4 nitrogen and oxygen atoms in total. The van der Waals surface area contributed by atoms with Crippen molar-refractivity contribution in [2.45, 2.75) is 0 Å². The summed E-state index contributed by atoms with van der Waals surface area (Å²) in [7, 11) is 2.40. The van der Waals surface area contributed by atoms with Crippen LogP contribution in [0.15, 0.2) is 12.1 Å². The molecule has 1 aromatic carbocycles. The van der Waals surface area contributed by atoms with Gasteiger partial charge in [0.2, 0.25) is 0 Å². The molecular formula is C10H8Cl2O4. The fourth-order valence-corrected chi connectivity index (χ4v) is 1.43. The molecule has 0 heterocycles. The summed E-state index contributed by atoms with van der Waals surface area (Å²) in [6.07, 6.45) is 0. The maximum atomic E-state index is 11.4. The zero-order valence-corrected chi connectivity index (χ0v) is 10.1. The van der Waals surface area contributed by atoms with Crippen molar-refractivity contribution in [3.8, 4) is 0 Å². The molecule has 1 aromatic rings. The van der Waals surface area contributed by atoms with Gasteiger partial charge in [-0.05, 0) is 12.1 Å². The molecule has 0 fully saturated rings. The Morgan fingerprint density at radius 1 is 0.938 bits per heavy atom. The number of hydrogen-bond acceptors (Lipinski definition) is 4. The average Bonchev–Trinajstić information content (AvgIpc) is 2.30. The minimum atomic E-state index is -0.682. The van der Waals surface area contributed by atoms with Crippen molar-refractivity contribution in [1.82, 2.24) is 0 Å². The van der Waals surface area contributed by atoms with Crippen LogP contribution in [0, 0.1) is 0 Å². The quantitative estimate of drug-likeness (QED) is 0.769. The monoisotopic (exact) mass is 262 g/mol. The highest BCUT2D eigenvalue weighted by molar-refractivity contribution is 6.42. The van der Waals surface area contributed by atoms with E-state index in [4.69, 9.17) is 23.2 Å². The maximum Gasteiger partial charge on any atom is 0.338 e. The minimum Gasteiger partial charge on any atom is -0.465 e. The van der Waals surface area contributed by atoms with Crippen LogP contribution < -0.4 is 0 Å². The number of hydrogen-bond donors (Lipinski definition) is 0. The third-order valence-corrected chi connectivity index (χ3v) is 2.59. The number of ether oxygens (including phenoxy) is 2. The molecule has 0 spiro atoms. The Hall–Kier alpha value is -1.26. The van der Waals surface area contributed by atoms with Crippen LogP contribution in [0.5, 0.6) is 0 Å². The van der Waals surface area contributed by atoms with Gasteiger partial charge in [0.05, 0.1) is 35.4 Å². The predicted octanol–water partition coefficient (Wildman–Crippen LogP) is 2.57. The fraction of sp³-hybridized carbons (Fsp3) is 0.200. The number of benzene rings is 1. The molecule has 0 unspecified atom stereocenters. The molecule has 0 bridgehead atoms. The smallest absolute Gasteiger partial charge is 0.338 e. The summed E-state index contributed by atoms with van der Waals surface area (Å²) < 4.78 is 9.04. The van der Waals surface area contributed by atoms with E-state index in [0.717, 1.165) is 0 Å². The second-order valence-corrected chi connectivity index (χ2v) is 3.61. The van der Waals surface area contributed by atoms with Gasteiger partial charge in [-0.15, -0.1) is 0 Å². The van der Waals surface area contributed by atoms with E-state index < -0.39 is 11.9 Å². The maximum absolute atomic E-state index is 11.4. The lowest BCUT2D eigenvalue weighted by Gasteiger charge is -2.07. The second-order valence-electron chi connectivity index (χ2n) is 2.80. The summed E-state index contributed by atoms with van der Waals surface area (Å²) >= 11 is 11.5. The largest absolute Gasteiger partial charge is 0.465 e. The van der Waals surface area contributed by atoms with Crippen molar-refractivity contribution >= 4 is 35.1 Å². The van der Waals surface area contributed by atoms with Gasteiger partial charge in [0.15, 0.2) is 0 Å². The third kappa shape index (κ3) is 2.46. The predicted molar refractivity (Wildman–Crippen MR) is 59.1 cm³/mol. The van der Waals surface area contributed by atoms with Crippen LogP contribution in [-0.2, 0) is 9.47 Å². The minimum absolute atomic E-state index is 0.0174. The number of carbonyl (C=O) groups is 2. The van der Waals surface area contributed by atoms with Crippen molar-refractivity contribution in [2.24, 2.45) is 0 Å². The van der Waals surface area contributed by atoms with Gasteiger partial charge in [0.1, 0.15) is 0 Å². The van der Waals surface area contributed by atoms with E-state index in [-0.39, 0.29) is 21.2 Å². The first-order valence-corrected chi connectivity index (χ1v) is 4.92. The Bertz CT molecular complexity index is 402. The van der Waals surface area contributed by atoms with E-state index in [1.807, 2.05) is 0 Å². The molecule has 0 aliphatic heterocycles. The van der Waals surface area contributed by atoms with Gasteiger partial charge < -0.3 is 9.47 Å². The summed E-state index contributed by atoms with van der Waals surface area (Å²) in [5.74, 6) is -1.36. The van der Waals surface area contributed by atoms with Crippen LogP contribution in [0.2, 0.25) is 10.0 Å². The van der Waals surface area contributed by atoms with E-state index in [0.29, 0.717) is 0 Å². The standard InChI is InChI=1S/C10H8Cl2O4/c1-15-9(13)5-3-7(11)8(12)4-6(5)10(14)16-2/h3-4H,1-2H3. The Morgan fingerprint density at radius 2 is 1.25 bits per heavy atom. The average molecular weight is 263 g/mol. The Balaban J connectivity index is 3.38. The zero-order chi connectivity index (χ0) is 12.3. The van der Waals surface area contributed by atoms with Crippen molar-refractivity contribution < 1.29 is 19.1 Å². The van der Waals surface area contributed by atoms with E-state index in [1.165, 1.54) is 26.4 Å². The van der Waals surface area contributed by atoms with Crippen LogP contribution in [0.3, 0.4) is 0 Å². The Morgan fingerprint density at radius 3 is 1.50 bits per heavy atom. The number of rotatable bonds is 2. The molecule has 6 heteroatoms. The first-order valence-electron chi connectivity index (χ1n) is 4.17. The molecule has 86 valence electrons. The second kappa shape index (κ2) is 5.18. The molecular weight excluding hydrogens is 255 g/mol.